The number of likely N-dealkylation sites (tertiary alicyclic amines) is 4. The van der Waals surface area contributed by atoms with Crippen molar-refractivity contribution >= 4 is 23.6 Å². The summed E-state index contributed by atoms with van der Waals surface area (Å²) in [7, 11) is 0. The molecule has 4 atom stereocenters. The van der Waals surface area contributed by atoms with E-state index in [2.05, 4.69) is 19.9 Å². The van der Waals surface area contributed by atoms with Gasteiger partial charge in [-0.2, -0.15) is 21.0 Å². The number of rotatable bonds is 12. The molecule has 12 rings (SSSR count). The quantitative estimate of drug-likeness (QED) is 0.0634. The van der Waals surface area contributed by atoms with Crippen molar-refractivity contribution in [2.45, 2.75) is 76.0 Å². The van der Waals surface area contributed by atoms with Crippen molar-refractivity contribution < 1.29 is 71.9 Å². The second-order valence-electron chi connectivity index (χ2n) is 21.3. The molecule has 0 aliphatic carbocycles. The van der Waals surface area contributed by atoms with Crippen LogP contribution in [0.15, 0.2) is 98.6 Å². The largest absolute Gasteiger partial charge is 0.324 e. The third-order valence-electron chi connectivity index (χ3n) is 15.2. The molecule has 92 heavy (non-hydrogen) atoms. The molecule has 0 saturated carbocycles. The van der Waals surface area contributed by atoms with Crippen LogP contribution >= 0.6 is 0 Å². The molecule has 4 aliphatic heterocycles. The Morgan fingerprint density at radius 1 is 0.391 bits per heavy atom. The number of benzene rings is 4. The van der Waals surface area contributed by atoms with Gasteiger partial charge in [-0.25, -0.2) is 72.6 Å². The number of hydrogen-bond donors (Lipinski definition) is 0. The van der Waals surface area contributed by atoms with Gasteiger partial charge in [0.05, 0.1) is 58.2 Å². The van der Waals surface area contributed by atoms with E-state index in [4.69, 9.17) is 21.0 Å². The number of carbonyl (C=O) groups excluding carboxylic acids is 4. The summed E-state index contributed by atoms with van der Waals surface area (Å²) in [5.74, 6) is -16.9. The number of nitriles is 4. The van der Waals surface area contributed by atoms with E-state index in [1.54, 1.807) is 13.7 Å². The van der Waals surface area contributed by atoms with E-state index in [1.807, 2.05) is 24.3 Å². The van der Waals surface area contributed by atoms with Gasteiger partial charge < -0.3 is 37.9 Å². The molecule has 8 heterocycles. The third kappa shape index (κ3) is 15.1. The number of nitrogens with zero attached hydrogens (tertiary/aromatic N) is 16. The van der Waals surface area contributed by atoms with Crippen molar-refractivity contribution in [3.63, 3.8) is 0 Å². The van der Waals surface area contributed by atoms with E-state index >= 15 is 0 Å². The Hall–Kier alpha value is -11.3. The summed E-state index contributed by atoms with van der Waals surface area (Å²) >= 11 is 0. The van der Waals surface area contributed by atoms with E-state index in [0.29, 0.717) is 23.9 Å². The molecule has 32 heteroatoms. The lowest BCUT2D eigenvalue weighted by molar-refractivity contribution is -0.129. The Kier molecular flexibility index (Phi) is 19.9. The summed E-state index contributed by atoms with van der Waals surface area (Å²) in [5, 5.41) is 35.1. The Bertz CT molecular complexity index is 4170. The molecule has 0 radical (unpaired) electrons. The van der Waals surface area contributed by atoms with Crippen molar-refractivity contribution in [3.8, 4) is 24.3 Å². The Morgan fingerprint density at radius 3 is 1.16 bits per heavy atom. The molecule has 4 saturated heterocycles. The van der Waals surface area contributed by atoms with E-state index < -0.39 is 93.5 Å². The number of aromatic nitrogens is 8. The van der Waals surface area contributed by atoms with Crippen LogP contribution in [0.5, 0.6) is 0 Å². The summed E-state index contributed by atoms with van der Waals surface area (Å²) in [4.78, 5) is 69.3. The highest BCUT2D eigenvalue weighted by molar-refractivity contribution is 5.81. The van der Waals surface area contributed by atoms with Crippen LogP contribution in [-0.4, -0.2) is 108 Å². The minimum atomic E-state index is -1.52. The summed E-state index contributed by atoms with van der Waals surface area (Å²) in [5.41, 5.74) is 1.04. The fraction of sp³-hybridized carbons (Fsp3) is 0.267. The number of carbonyl (C=O) groups is 4. The zero-order valence-electron chi connectivity index (χ0n) is 47.4. The molecule has 4 fully saturated rings. The maximum absolute atomic E-state index is 13.8. The van der Waals surface area contributed by atoms with Crippen molar-refractivity contribution in [3.05, 3.63) is 213 Å². The molecule has 4 aliphatic rings. The lowest BCUT2D eigenvalue weighted by Crippen LogP contribution is -2.28. The Morgan fingerprint density at radius 2 is 0.761 bits per heavy atom. The summed E-state index contributed by atoms with van der Waals surface area (Å²) in [6.07, 6.45) is 11.6. The Balaban J connectivity index is 0.000000145. The van der Waals surface area contributed by atoms with Gasteiger partial charge in [0.15, 0.2) is 69.4 Å². The van der Waals surface area contributed by atoms with Crippen LogP contribution in [0, 0.1) is 115 Å². The topological polar surface area (TPSA) is 248 Å². The lowest BCUT2D eigenvalue weighted by Gasteiger charge is -2.18. The first-order valence-corrected chi connectivity index (χ1v) is 27.3. The number of amides is 4. The van der Waals surface area contributed by atoms with Gasteiger partial charge >= 0.3 is 0 Å². The second-order valence-corrected chi connectivity index (χ2v) is 21.3. The fourth-order valence-corrected chi connectivity index (χ4v) is 10.7. The van der Waals surface area contributed by atoms with Gasteiger partial charge in [-0.05, 0) is 52.6 Å². The standard InChI is InChI=1S/4C15H11F3N4O/c2*16-12-3-14(18)13(17)2-11(12)9-1-15(23)22(5-9)8-21-6-10(4-19)20-7-21;16-10-2-12(15(18)13(17)3-10)9-1-14(23)22(5-9)8-21-6-11(4-19)20-7-21;16-12-1-9(2-13(17)15(12)18)10-3-14(23)21(6-10)8-22-7-20-5-11(22)4-19/h3*2-3,6-7,9H,1,5,8H2;1-2,5,7,10H,3,6,8H2. The van der Waals surface area contributed by atoms with Crippen LogP contribution < -0.4 is 0 Å². The van der Waals surface area contributed by atoms with E-state index in [-0.39, 0.29) is 142 Å². The highest BCUT2D eigenvalue weighted by Crippen LogP contribution is 2.35. The summed E-state index contributed by atoms with van der Waals surface area (Å²) in [6.45, 7) is 1.32. The molecular formula is C60H44F12N16O4. The minimum absolute atomic E-state index is 0.0110. The van der Waals surface area contributed by atoms with Crippen LogP contribution in [0.3, 0.4) is 0 Å². The first-order valence-electron chi connectivity index (χ1n) is 27.3. The van der Waals surface area contributed by atoms with Gasteiger partial charge in [-0.3, -0.25) is 19.2 Å². The number of hydrogen-bond acceptors (Lipinski definition) is 12. The molecular weight excluding hydrogens is 1240 g/mol. The predicted octanol–water partition coefficient (Wildman–Crippen LogP) is 8.58. The predicted molar refractivity (Wildman–Crippen MR) is 289 cm³/mol. The molecule has 0 N–H and O–H groups in total. The average Bonchev–Trinajstić information content (AvgIpc) is 1.62. The highest BCUT2D eigenvalue weighted by Gasteiger charge is 2.37. The maximum Gasteiger partial charge on any atom is 0.224 e. The fourth-order valence-electron chi connectivity index (χ4n) is 10.7. The Labute approximate surface area is 512 Å². The average molecular weight is 1280 g/mol. The van der Waals surface area contributed by atoms with Gasteiger partial charge in [-0.1, -0.05) is 0 Å². The minimum Gasteiger partial charge on any atom is -0.324 e. The van der Waals surface area contributed by atoms with Crippen LogP contribution in [0.1, 0.15) is 94.4 Å². The van der Waals surface area contributed by atoms with Gasteiger partial charge in [0, 0.05) is 112 Å². The normalized spacial score (nSPS) is 17.6. The maximum atomic E-state index is 13.8. The smallest absolute Gasteiger partial charge is 0.224 e. The molecule has 4 amide bonds. The van der Waals surface area contributed by atoms with Crippen LogP contribution in [0.25, 0.3) is 0 Å². The summed E-state index contributed by atoms with van der Waals surface area (Å²) in [6, 6.07) is 13.4. The molecule has 20 nitrogen and oxygen atoms in total. The third-order valence-corrected chi connectivity index (χ3v) is 15.2. The van der Waals surface area contributed by atoms with E-state index in [1.165, 1.54) is 74.3 Å². The van der Waals surface area contributed by atoms with Gasteiger partial charge in [0.2, 0.25) is 23.6 Å². The molecule has 4 unspecified atom stereocenters. The zero-order chi connectivity index (χ0) is 66.2. The van der Waals surface area contributed by atoms with Crippen molar-refractivity contribution in [2.24, 2.45) is 0 Å². The molecule has 0 spiro atoms. The van der Waals surface area contributed by atoms with Crippen molar-refractivity contribution in [1.82, 2.24) is 57.8 Å². The SMILES string of the molecule is N#Cc1cn(CN2CC(c3cc(F)c(F)cc3F)CC2=O)cn1.N#Cc1cn(CN2CC(c3cc(F)c(F)cc3F)CC2=O)cn1.N#Cc1cn(CN2CC(c3cc(F)cc(F)c3F)CC2=O)cn1.N#Cc1cncn1CN1CC(c2cc(F)c(F)c(F)c2)CC1=O. The highest BCUT2D eigenvalue weighted by atomic mass is 19.2. The zero-order valence-corrected chi connectivity index (χ0v) is 47.4. The number of imidazole rings is 4. The monoisotopic (exact) mass is 1280 g/mol. The molecule has 4 aromatic carbocycles. The van der Waals surface area contributed by atoms with Gasteiger partial charge in [-0.15, -0.1) is 0 Å². The molecule has 8 aromatic rings. The van der Waals surface area contributed by atoms with Crippen LogP contribution in [-0.2, 0) is 45.9 Å². The van der Waals surface area contributed by atoms with Crippen molar-refractivity contribution in [1.29, 1.82) is 21.0 Å². The summed E-state index contributed by atoms with van der Waals surface area (Å²) < 4.78 is 167. The first kappa shape index (κ1) is 65.2. The van der Waals surface area contributed by atoms with Crippen LogP contribution in [0.2, 0.25) is 0 Å². The molecule has 0 bridgehead atoms. The van der Waals surface area contributed by atoms with Gasteiger partial charge in [0.25, 0.3) is 0 Å². The number of halogens is 12. The lowest BCUT2D eigenvalue weighted by atomic mass is 9.97. The molecule has 4 aromatic heterocycles. The molecule has 472 valence electrons. The van der Waals surface area contributed by atoms with Crippen molar-refractivity contribution in [2.75, 3.05) is 26.2 Å². The first-order chi connectivity index (χ1) is 43.9. The second kappa shape index (κ2) is 28.0. The van der Waals surface area contributed by atoms with Crippen LogP contribution in [0.4, 0.5) is 52.7 Å². The van der Waals surface area contributed by atoms with E-state index in [9.17, 15) is 71.9 Å². The van der Waals surface area contributed by atoms with Gasteiger partial charge in [0.1, 0.15) is 47.4 Å². The van der Waals surface area contributed by atoms with E-state index in [0.717, 1.165) is 30.3 Å².